The summed E-state index contributed by atoms with van der Waals surface area (Å²) in [5.41, 5.74) is 10.1. The molecule has 1 heterocycles. The Morgan fingerprint density at radius 1 is 0.579 bits per heavy atom. The molecule has 0 saturated heterocycles. The van der Waals surface area contributed by atoms with E-state index in [9.17, 15) is 0 Å². The van der Waals surface area contributed by atoms with Gasteiger partial charge in [0.25, 0.3) is 0 Å². The van der Waals surface area contributed by atoms with Crippen LogP contribution in [-0.4, -0.2) is 6.71 Å². The molecule has 6 aromatic carbocycles. The van der Waals surface area contributed by atoms with Crippen molar-refractivity contribution in [2.24, 2.45) is 0 Å². The summed E-state index contributed by atoms with van der Waals surface area (Å²) < 4.78 is 0. The van der Waals surface area contributed by atoms with E-state index in [0.29, 0.717) is 11.8 Å². The Morgan fingerprint density at radius 2 is 1.18 bits per heavy atom. The molecule has 6 aromatic rings. The molecule has 0 amide bonds. The molecule has 38 heavy (non-hydrogen) atoms. The maximum Gasteiger partial charge on any atom is 0.242 e. The first-order valence-electron chi connectivity index (χ1n) is 14.2. The number of hydrogen-bond acceptors (Lipinski definition) is 0. The summed E-state index contributed by atoms with van der Waals surface area (Å²) in [6.07, 6.45) is 0. The summed E-state index contributed by atoms with van der Waals surface area (Å²) in [6.45, 7) is 14.4. The fourth-order valence-electron chi connectivity index (χ4n) is 7.44. The van der Waals surface area contributed by atoms with Gasteiger partial charge in [-0.25, -0.2) is 0 Å². The predicted molar refractivity (Wildman–Crippen MR) is 168 cm³/mol. The third kappa shape index (κ3) is 3.11. The molecule has 0 fully saturated rings. The normalized spacial score (nSPS) is 14.7. The Balaban J connectivity index is 1.69. The van der Waals surface area contributed by atoms with E-state index in [2.05, 4.69) is 133 Å². The smallest absolute Gasteiger partial charge is 0.0686 e. The maximum absolute atomic E-state index is 2.53. The zero-order chi connectivity index (χ0) is 26.3. The fraction of sp³-hybridized carbons (Fsp3) is 0.243. The Kier molecular flexibility index (Phi) is 5.08. The summed E-state index contributed by atoms with van der Waals surface area (Å²) in [7, 11) is 0. The lowest BCUT2D eigenvalue weighted by Gasteiger charge is -2.40. The highest BCUT2D eigenvalue weighted by Crippen LogP contribution is 2.44. The molecule has 0 N–H and O–H groups in total. The molecule has 0 aromatic heterocycles. The molecule has 1 heteroatoms. The molecular weight excluding hydrogens is 455 g/mol. The number of rotatable bonds is 3. The standard InChI is InChI=1S/C37H35B/c1-22(2)29-21-30(23(3)4)27-18-19-28-34-24(16-17-26(29)35(27)34)20-32-36(28)38(25-12-8-7-9-13-25)33-15-11-10-14-31(33)37(32,5)6/h7-23H,1-6H3. The van der Waals surface area contributed by atoms with E-state index in [-0.39, 0.29) is 12.1 Å². The zero-order valence-electron chi connectivity index (χ0n) is 23.4. The second-order valence-corrected chi connectivity index (χ2v) is 12.5. The molecule has 0 nitrogen and oxygen atoms in total. The molecule has 7 rings (SSSR count). The predicted octanol–water partition coefficient (Wildman–Crippen LogP) is 7.99. The second-order valence-electron chi connectivity index (χ2n) is 12.5. The van der Waals surface area contributed by atoms with Crippen LogP contribution in [-0.2, 0) is 5.41 Å². The molecule has 0 spiro atoms. The van der Waals surface area contributed by atoms with Gasteiger partial charge in [0.2, 0.25) is 6.71 Å². The molecule has 186 valence electrons. The van der Waals surface area contributed by atoms with Gasteiger partial charge in [0.15, 0.2) is 0 Å². The lowest BCUT2D eigenvalue weighted by molar-refractivity contribution is 0.647. The number of hydrogen-bond donors (Lipinski definition) is 0. The van der Waals surface area contributed by atoms with E-state index >= 15 is 0 Å². The van der Waals surface area contributed by atoms with E-state index in [1.165, 1.54) is 71.0 Å². The van der Waals surface area contributed by atoms with Gasteiger partial charge in [-0.1, -0.05) is 149 Å². The van der Waals surface area contributed by atoms with Crippen molar-refractivity contribution in [3.05, 3.63) is 113 Å². The molecule has 0 saturated carbocycles. The van der Waals surface area contributed by atoms with Gasteiger partial charge >= 0.3 is 0 Å². The third-order valence-electron chi connectivity index (χ3n) is 9.29. The van der Waals surface area contributed by atoms with Crippen LogP contribution in [0.5, 0.6) is 0 Å². The minimum atomic E-state index is -0.0756. The molecule has 0 bridgehead atoms. The van der Waals surface area contributed by atoms with Gasteiger partial charge < -0.3 is 0 Å². The molecule has 1 aliphatic rings. The first-order valence-corrected chi connectivity index (χ1v) is 14.2. The Labute approximate surface area is 227 Å². The van der Waals surface area contributed by atoms with E-state index < -0.39 is 0 Å². The van der Waals surface area contributed by atoms with E-state index in [0.717, 1.165) is 0 Å². The van der Waals surface area contributed by atoms with Crippen molar-refractivity contribution in [3.63, 3.8) is 0 Å². The van der Waals surface area contributed by atoms with Crippen molar-refractivity contribution in [1.29, 1.82) is 0 Å². The van der Waals surface area contributed by atoms with Crippen LogP contribution in [0.3, 0.4) is 0 Å². The van der Waals surface area contributed by atoms with Crippen LogP contribution in [0.1, 0.15) is 75.6 Å². The van der Waals surface area contributed by atoms with E-state index in [1.54, 1.807) is 0 Å². The van der Waals surface area contributed by atoms with E-state index in [4.69, 9.17) is 0 Å². The average Bonchev–Trinajstić information content (AvgIpc) is 2.92. The molecule has 1 aliphatic heterocycles. The molecule has 0 atom stereocenters. The van der Waals surface area contributed by atoms with Crippen LogP contribution >= 0.6 is 0 Å². The van der Waals surface area contributed by atoms with Crippen molar-refractivity contribution in [3.8, 4) is 0 Å². The van der Waals surface area contributed by atoms with Gasteiger partial charge in [-0.2, -0.15) is 0 Å². The molecule has 0 aliphatic carbocycles. The summed E-state index contributed by atoms with van der Waals surface area (Å²) in [5.74, 6) is 0.961. The highest BCUT2D eigenvalue weighted by atomic mass is 14.3. The lowest BCUT2D eigenvalue weighted by Crippen LogP contribution is -2.60. The van der Waals surface area contributed by atoms with Crippen LogP contribution < -0.4 is 16.4 Å². The van der Waals surface area contributed by atoms with Gasteiger partial charge in [0.1, 0.15) is 0 Å². The first kappa shape index (κ1) is 23.5. The monoisotopic (exact) mass is 490 g/mol. The van der Waals surface area contributed by atoms with Crippen LogP contribution in [0.25, 0.3) is 32.3 Å². The topological polar surface area (TPSA) is 0 Å². The summed E-state index contributed by atoms with van der Waals surface area (Å²) in [5, 5.41) is 8.53. The Bertz CT molecular complexity index is 1810. The average molecular weight is 490 g/mol. The zero-order valence-corrected chi connectivity index (χ0v) is 23.4. The number of benzene rings is 6. The molecular formula is C37H35B. The fourth-order valence-corrected chi connectivity index (χ4v) is 7.44. The second kappa shape index (κ2) is 8.21. The summed E-state index contributed by atoms with van der Waals surface area (Å²) in [4.78, 5) is 0. The van der Waals surface area contributed by atoms with Crippen molar-refractivity contribution in [1.82, 2.24) is 0 Å². The minimum Gasteiger partial charge on any atom is -0.0686 e. The first-order chi connectivity index (χ1) is 18.3. The molecule has 0 radical (unpaired) electrons. The van der Waals surface area contributed by atoms with Gasteiger partial charge in [-0.15, -0.1) is 0 Å². The van der Waals surface area contributed by atoms with Gasteiger partial charge in [0, 0.05) is 5.41 Å². The van der Waals surface area contributed by atoms with Crippen LogP contribution in [0.15, 0.2) is 91.0 Å². The summed E-state index contributed by atoms with van der Waals surface area (Å²) >= 11 is 0. The quantitative estimate of drug-likeness (QED) is 0.174. The van der Waals surface area contributed by atoms with Crippen molar-refractivity contribution < 1.29 is 0 Å². The van der Waals surface area contributed by atoms with Crippen molar-refractivity contribution >= 4 is 55.4 Å². The molecule has 0 unspecified atom stereocenters. The van der Waals surface area contributed by atoms with E-state index in [1.807, 2.05) is 0 Å². The van der Waals surface area contributed by atoms with Gasteiger partial charge in [-0.3, -0.25) is 0 Å². The van der Waals surface area contributed by atoms with Crippen LogP contribution in [0, 0.1) is 0 Å². The van der Waals surface area contributed by atoms with Crippen LogP contribution in [0.4, 0.5) is 0 Å². The Morgan fingerprint density at radius 3 is 1.87 bits per heavy atom. The van der Waals surface area contributed by atoms with Crippen molar-refractivity contribution in [2.45, 2.75) is 58.8 Å². The summed E-state index contributed by atoms with van der Waals surface area (Å²) in [6, 6.07) is 35.0. The Hall–Kier alpha value is -3.58. The lowest BCUT2D eigenvalue weighted by atomic mass is 9.31. The number of fused-ring (bicyclic) bond motifs is 3. The van der Waals surface area contributed by atoms with Gasteiger partial charge in [0.05, 0.1) is 0 Å². The van der Waals surface area contributed by atoms with Crippen LogP contribution in [0.2, 0.25) is 0 Å². The SMILES string of the molecule is CC(C)c1cc(C(C)C)c2ccc3c4c(cc5ccc1c2c53)C(C)(C)c1ccccc1B4c1ccccc1. The van der Waals surface area contributed by atoms with Crippen molar-refractivity contribution in [2.75, 3.05) is 0 Å². The minimum absolute atomic E-state index is 0.0756. The maximum atomic E-state index is 2.53. The largest absolute Gasteiger partial charge is 0.242 e. The van der Waals surface area contributed by atoms with Gasteiger partial charge in [-0.05, 0) is 66.4 Å². The third-order valence-corrected chi connectivity index (χ3v) is 9.29. The highest BCUT2D eigenvalue weighted by Gasteiger charge is 2.41. The highest BCUT2D eigenvalue weighted by molar-refractivity contribution is 6.98.